The van der Waals surface area contributed by atoms with Crippen LogP contribution in [-0.2, 0) is 0 Å². The van der Waals surface area contributed by atoms with Crippen molar-refractivity contribution in [1.29, 1.82) is 0 Å². The molecule has 0 radical (unpaired) electrons. The van der Waals surface area contributed by atoms with E-state index in [2.05, 4.69) is 32.1 Å². The van der Waals surface area contributed by atoms with Gasteiger partial charge >= 0.3 is 5.69 Å². The number of H-pyrrole nitrogens is 2. The van der Waals surface area contributed by atoms with Gasteiger partial charge in [0.1, 0.15) is 17.4 Å². The van der Waals surface area contributed by atoms with Gasteiger partial charge < -0.3 is 14.6 Å². The minimum Gasteiger partial charge on any atom is -0.490 e. The van der Waals surface area contributed by atoms with Crippen molar-refractivity contribution in [2.24, 2.45) is 0 Å². The SMILES string of the molecule is Cc1cc(-n2c(=O)[nH]c3nnc4[nH]ccc4c32)ccc1OC1CCN(C)CC1. The topological polar surface area (TPSA) is 91.8 Å². The Morgan fingerprint density at radius 3 is 2.71 bits per heavy atom. The van der Waals surface area contributed by atoms with Gasteiger partial charge in [0, 0.05) is 24.7 Å². The predicted octanol–water partition coefficient (Wildman–Crippen LogP) is 2.37. The van der Waals surface area contributed by atoms with Crippen molar-refractivity contribution in [1.82, 2.24) is 29.6 Å². The smallest absolute Gasteiger partial charge is 0.332 e. The van der Waals surface area contributed by atoms with Crippen LogP contribution in [0.25, 0.3) is 27.9 Å². The molecule has 8 nitrogen and oxygen atoms in total. The third kappa shape index (κ3) is 2.77. The standard InChI is InChI=1S/C20H22N6O2/c1-12-11-13(3-4-16(12)28-14-6-9-25(2)10-7-14)26-17-15-5-8-21-18(15)23-24-19(17)22-20(26)27/h3-5,8,11,14H,6-7,9-10H2,1-2H3,(H,21,23)(H,22,24,27). The van der Waals surface area contributed by atoms with Crippen LogP contribution in [0.1, 0.15) is 18.4 Å². The maximum Gasteiger partial charge on any atom is 0.332 e. The van der Waals surface area contributed by atoms with Crippen LogP contribution in [0.5, 0.6) is 5.75 Å². The summed E-state index contributed by atoms with van der Waals surface area (Å²) in [5.41, 5.74) is 3.40. The molecule has 1 fully saturated rings. The van der Waals surface area contributed by atoms with Gasteiger partial charge in [0.05, 0.1) is 5.69 Å². The highest BCUT2D eigenvalue weighted by Crippen LogP contribution is 2.27. The van der Waals surface area contributed by atoms with Crippen LogP contribution in [0.3, 0.4) is 0 Å². The highest BCUT2D eigenvalue weighted by atomic mass is 16.5. The van der Waals surface area contributed by atoms with Crippen molar-refractivity contribution in [3.8, 4) is 11.4 Å². The molecule has 1 aliphatic rings. The highest BCUT2D eigenvalue weighted by Gasteiger charge is 2.20. The van der Waals surface area contributed by atoms with E-state index in [1.807, 2.05) is 31.2 Å². The summed E-state index contributed by atoms with van der Waals surface area (Å²) in [5, 5.41) is 9.09. The number of piperidine rings is 1. The maximum absolute atomic E-state index is 12.6. The fourth-order valence-corrected chi connectivity index (χ4v) is 3.91. The molecule has 0 spiro atoms. The maximum atomic E-state index is 12.6. The van der Waals surface area contributed by atoms with Gasteiger partial charge in [0.25, 0.3) is 0 Å². The van der Waals surface area contributed by atoms with Gasteiger partial charge in [-0.2, -0.15) is 0 Å². The fourth-order valence-electron chi connectivity index (χ4n) is 3.91. The number of rotatable bonds is 3. The van der Waals surface area contributed by atoms with E-state index in [0.717, 1.165) is 53.8 Å². The summed E-state index contributed by atoms with van der Waals surface area (Å²) in [5.74, 6) is 0.873. The van der Waals surface area contributed by atoms with Crippen molar-refractivity contribution >= 4 is 22.2 Å². The molecule has 1 aromatic carbocycles. The summed E-state index contributed by atoms with van der Waals surface area (Å²) in [6.07, 6.45) is 4.10. The van der Waals surface area contributed by atoms with Crippen molar-refractivity contribution in [3.05, 3.63) is 46.5 Å². The first-order chi connectivity index (χ1) is 13.6. The van der Waals surface area contributed by atoms with Crippen molar-refractivity contribution in [2.75, 3.05) is 20.1 Å². The summed E-state index contributed by atoms with van der Waals surface area (Å²) in [6.45, 7) is 4.12. The Hall–Kier alpha value is -3.13. The number of hydrogen-bond donors (Lipinski definition) is 2. The van der Waals surface area contributed by atoms with Gasteiger partial charge in [-0.25, -0.2) is 4.79 Å². The quantitative estimate of drug-likeness (QED) is 0.571. The zero-order valence-electron chi connectivity index (χ0n) is 15.9. The van der Waals surface area contributed by atoms with E-state index in [1.54, 1.807) is 10.8 Å². The molecular formula is C20H22N6O2. The number of ether oxygens (including phenoxy) is 1. The number of benzene rings is 1. The summed E-state index contributed by atoms with van der Waals surface area (Å²) >= 11 is 0. The number of aryl methyl sites for hydroxylation is 1. The number of imidazole rings is 1. The van der Waals surface area contributed by atoms with Crippen LogP contribution in [0.4, 0.5) is 0 Å². The second kappa shape index (κ2) is 6.49. The molecule has 4 aromatic rings. The zero-order valence-corrected chi connectivity index (χ0v) is 15.9. The number of likely N-dealkylation sites (tertiary alicyclic amines) is 1. The summed E-state index contributed by atoms with van der Waals surface area (Å²) < 4.78 is 7.88. The highest BCUT2D eigenvalue weighted by molar-refractivity contribution is 5.99. The van der Waals surface area contributed by atoms with Gasteiger partial charge in [0.2, 0.25) is 0 Å². The molecule has 144 valence electrons. The summed E-state index contributed by atoms with van der Waals surface area (Å²) in [6, 6.07) is 7.76. The lowest BCUT2D eigenvalue weighted by Crippen LogP contribution is -2.35. The van der Waals surface area contributed by atoms with Gasteiger partial charge in [0.15, 0.2) is 11.3 Å². The normalized spacial score (nSPS) is 16.2. The molecule has 0 saturated carbocycles. The summed E-state index contributed by atoms with van der Waals surface area (Å²) in [4.78, 5) is 20.8. The Bertz CT molecular complexity index is 1210. The average molecular weight is 378 g/mol. The Balaban J connectivity index is 1.54. The second-order valence-electron chi connectivity index (χ2n) is 7.47. The lowest BCUT2D eigenvalue weighted by Gasteiger charge is -2.29. The fraction of sp³-hybridized carbons (Fsp3) is 0.350. The van der Waals surface area contributed by atoms with Gasteiger partial charge in [-0.3, -0.25) is 9.55 Å². The van der Waals surface area contributed by atoms with E-state index < -0.39 is 0 Å². The van der Waals surface area contributed by atoms with Gasteiger partial charge in [-0.15, -0.1) is 10.2 Å². The van der Waals surface area contributed by atoms with E-state index in [9.17, 15) is 4.79 Å². The van der Waals surface area contributed by atoms with Crippen molar-refractivity contribution < 1.29 is 4.74 Å². The number of nitrogens with one attached hydrogen (secondary N) is 2. The van der Waals surface area contributed by atoms with E-state index in [-0.39, 0.29) is 11.8 Å². The lowest BCUT2D eigenvalue weighted by molar-refractivity contribution is 0.113. The molecular weight excluding hydrogens is 356 g/mol. The van der Waals surface area contributed by atoms with E-state index >= 15 is 0 Å². The molecule has 0 amide bonds. The number of fused-ring (bicyclic) bond motifs is 3. The van der Waals surface area contributed by atoms with Crippen LogP contribution in [-0.4, -0.2) is 55.9 Å². The first-order valence-electron chi connectivity index (χ1n) is 9.51. The van der Waals surface area contributed by atoms with E-state index in [1.165, 1.54) is 0 Å². The second-order valence-corrected chi connectivity index (χ2v) is 7.47. The minimum absolute atomic E-state index is 0.235. The first kappa shape index (κ1) is 17.0. The predicted molar refractivity (Wildman–Crippen MR) is 107 cm³/mol. The van der Waals surface area contributed by atoms with Crippen molar-refractivity contribution in [2.45, 2.75) is 25.9 Å². The third-order valence-corrected chi connectivity index (χ3v) is 5.48. The number of aromatic nitrogens is 5. The largest absolute Gasteiger partial charge is 0.490 e. The average Bonchev–Trinajstić information content (AvgIpc) is 3.28. The Labute approximate surface area is 161 Å². The Kier molecular flexibility index (Phi) is 3.94. The molecule has 3 aromatic heterocycles. The Morgan fingerprint density at radius 1 is 1.14 bits per heavy atom. The summed E-state index contributed by atoms with van der Waals surface area (Å²) in [7, 11) is 2.14. The molecule has 0 aliphatic carbocycles. The molecule has 0 unspecified atom stereocenters. The molecule has 5 rings (SSSR count). The number of hydrogen-bond acceptors (Lipinski definition) is 5. The van der Waals surface area contributed by atoms with Crippen LogP contribution in [0, 0.1) is 6.92 Å². The molecule has 0 atom stereocenters. The molecule has 2 N–H and O–H groups in total. The molecule has 8 heteroatoms. The minimum atomic E-state index is -0.235. The Morgan fingerprint density at radius 2 is 1.93 bits per heavy atom. The van der Waals surface area contributed by atoms with Crippen LogP contribution in [0.2, 0.25) is 0 Å². The van der Waals surface area contributed by atoms with Crippen LogP contribution < -0.4 is 10.4 Å². The monoisotopic (exact) mass is 378 g/mol. The van der Waals surface area contributed by atoms with Crippen LogP contribution in [0.15, 0.2) is 35.3 Å². The third-order valence-electron chi connectivity index (χ3n) is 5.48. The lowest BCUT2D eigenvalue weighted by atomic mass is 10.1. The molecule has 0 bridgehead atoms. The molecule has 1 saturated heterocycles. The number of nitrogens with zero attached hydrogens (tertiary/aromatic N) is 4. The molecule has 1 aliphatic heterocycles. The zero-order chi connectivity index (χ0) is 19.3. The van der Waals surface area contributed by atoms with Gasteiger partial charge in [-0.05, 0) is 56.6 Å². The molecule has 4 heterocycles. The van der Waals surface area contributed by atoms with Crippen LogP contribution >= 0.6 is 0 Å². The van der Waals surface area contributed by atoms with Crippen molar-refractivity contribution in [3.63, 3.8) is 0 Å². The van der Waals surface area contributed by atoms with E-state index in [4.69, 9.17) is 4.74 Å². The molecule has 28 heavy (non-hydrogen) atoms. The van der Waals surface area contributed by atoms with Gasteiger partial charge in [-0.1, -0.05) is 0 Å². The number of aromatic amines is 2. The first-order valence-corrected chi connectivity index (χ1v) is 9.51. The van der Waals surface area contributed by atoms with E-state index in [0.29, 0.717) is 11.3 Å².